The first kappa shape index (κ1) is 15.5. The lowest BCUT2D eigenvalue weighted by Gasteiger charge is -2.13. The summed E-state index contributed by atoms with van der Waals surface area (Å²) in [6.07, 6.45) is -2.79. The Labute approximate surface area is 120 Å². The second-order valence-electron chi connectivity index (χ2n) is 5.36. The molecule has 1 saturated carbocycles. The van der Waals surface area contributed by atoms with Crippen molar-refractivity contribution in [3.63, 3.8) is 0 Å². The van der Waals surface area contributed by atoms with Gasteiger partial charge in [-0.25, -0.2) is 0 Å². The highest BCUT2D eigenvalue weighted by Crippen LogP contribution is 2.30. The van der Waals surface area contributed by atoms with Crippen molar-refractivity contribution in [1.82, 2.24) is 5.32 Å². The minimum atomic E-state index is -4.43. The van der Waals surface area contributed by atoms with E-state index in [1.165, 1.54) is 0 Å². The molecule has 0 radical (unpaired) electrons. The number of benzene rings is 1. The molecule has 1 amide bonds. The molecule has 21 heavy (non-hydrogen) atoms. The number of ketones is 1. The highest BCUT2D eigenvalue weighted by atomic mass is 19.4. The quantitative estimate of drug-likeness (QED) is 0.933. The molecule has 1 N–H and O–H groups in total. The van der Waals surface area contributed by atoms with Crippen LogP contribution in [0.25, 0.3) is 0 Å². The summed E-state index contributed by atoms with van der Waals surface area (Å²) in [5, 5.41) is 2.59. The highest BCUT2D eigenvalue weighted by Gasteiger charge is 2.31. The monoisotopic (exact) mass is 299 g/mol. The second kappa shape index (κ2) is 5.87. The summed E-state index contributed by atoms with van der Waals surface area (Å²) in [4.78, 5) is 23.3. The number of halogens is 3. The lowest BCUT2D eigenvalue weighted by atomic mass is 10.0. The van der Waals surface area contributed by atoms with Crippen LogP contribution in [0.3, 0.4) is 0 Å². The SMILES string of the molecule is Cc1cc(CC(=O)N[C@@H]2CCCC2=O)cc(C(F)(F)F)c1. The van der Waals surface area contributed by atoms with Crippen molar-refractivity contribution in [3.05, 3.63) is 34.9 Å². The Morgan fingerprint density at radius 3 is 2.62 bits per heavy atom. The highest BCUT2D eigenvalue weighted by molar-refractivity contribution is 5.91. The molecule has 0 heterocycles. The Morgan fingerprint density at radius 2 is 2.05 bits per heavy atom. The predicted octanol–water partition coefficient (Wildman–Crippen LogP) is 2.79. The largest absolute Gasteiger partial charge is 0.416 e. The third-order valence-electron chi connectivity index (χ3n) is 3.47. The summed E-state index contributed by atoms with van der Waals surface area (Å²) in [6.45, 7) is 1.55. The van der Waals surface area contributed by atoms with Crippen LogP contribution in [0.5, 0.6) is 0 Å². The van der Waals surface area contributed by atoms with Crippen molar-refractivity contribution in [3.8, 4) is 0 Å². The molecule has 0 spiro atoms. The molecule has 1 aromatic rings. The van der Waals surface area contributed by atoms with Crippen LogP contribution >= 0.6 is 0 Å². The summed E-state index contributed by atoms with van der Waals surface area (Å²) in [5.74, 6) is -0.433. The first-order chi connectivity index (χ1) is 9.75. The van der Waals surface area contributed by atoms with Crippen molar-refractivity contribution in [2.24, 2.45) is 0 Å². The van der Waals surface area contributed by atoms with Gasteiger partial charge in [-0.3, -0.25) is 9.59 Å². The standard InChI is InChI=1S/C15H16F3NO2/c1-9-5-10(7-11(6-9)15(16,17)18)8-14(21)19-12-3-2-4-13(12)20/h5-7,12H,2-4,8H2,1H3,(H,19,21)/t12-/m1/s1. The fourth-order valence-electron chi connectivity index (χ4n) is 2.53. The van der Waals surface area contributed by atoms with Gasteiger partial charge in [0, 0.05) is 6.42 Å². The van der Waals surface area contributed by atoms with Crippen LogP contribution in [-0.4, -0.2) is 17.7 Å². The van der Waals surface area contributed by atoms with Gasteiger partial charge >= 0.3 is 6.18 Å². The van der Waals surface area contributed by atoms with E-state index >= 15 is 0 Å². The average molecular weight is 299 g/mol. The van der Waals surface area contributed by atoms with Gasteiger partial charge in [0.25, 0.3) is 0 Å². The van der Waals surface area contributed by atoms with Crippen LogP contribution in [0.2, 0.25) is 0 Å². The molecule has 1 fully saturated rings. The van der Waals surface area contributed by atoms with Gasteiger partial charge in [0.05, 0.1) is 18.0 Å². The molecule has 0 saturated heterocycles. The Bertz CT molecular complexity index is 567. The summed E-state index contributed by atoms with van der Waals surface area (Å²) >= 11 is 0. The van der Waals surface area contributed by atoms with E-state index in [-0.39, 0.29) is 12.2 Å². The number of Topliss-reactive ketones (excluding diaryl/α,β-unsaturated/α-hetero) is 1. The van der Waals surface area contributed by atoms with E-state index < -0.39 is 23.7 Å². The van der Waals surface area contributed by atoms with E-state index in [0.29, 0.717) is 24.0 Å². The van der Waals surface area contributed by atoms with Gasteiger partial charge in [-0.1, -0.05) is 11.6 Å². The van der Waals surface area contributed by atoms with Crippen molar-refractivity contribution in [2.45, 2.75) is 44.8 Å². The number of hydrogen-bond donors (Lipinski definition) is 1. The maximum Gasteiger partial charge on any atom is 0.416 e. The lowest BCUT2D eigenvalue weighted by Crippen LogP contribution is -2.38. The zero-order valence-corrected chi connectivity index (χ0v) is 11.6. The topological polar surface area (TPSA) is 46.2 Å². The molecule has 0 bridgehead atoms. The van der Waals surface area contributed by atoms with Crippen molar-refractivity contribution in [2.75, 3.05) is 0 Å². The van der Waals surface area contributed by atoms with Gasteiger partial charge in [0.1, 0.15) is 0 Å². The number of aryl methyl sites for hydroxylation is 1. The van der Waals surface area contributed by atoms with Gasteiger partial charge in [0.2, 0.25) is 5.91 Å². The van der Waals surface area contributed by atoms with Crippen LogP contribution in [0.1, 0.15) is 36.0 Å². The maximum atomic E-state index is 12.7. The Hall–Kier alpha value is -1.85. The van der Waals surface area contributed by atoms with E-state index in [9.17, 15) is 22.8 Å². The molecule has 0 unspecified atom stereocenters. The van der Waals surface area contributed by atoms with Crippen LogP contribution in [-0.2, 0) is 22.2 Å². The van der Waals surface area contributed by atoms with Crippen molar-refractivity contribution >= 4 is 11.7 Å². The Morgan fingerprint density at radius 1 is 1.33 bits per heavy atom. The third kappa shape index (κ3) is 4.06. The van der Waals surface area contributed by atoms with Gasteiger partial charge < -0.3 is 5.32 Å². The molecule has 114 valence electrons. The molecule has 6 heteroatoms. The van der Waals surface area contributed by atoms with Crippen LogP contribution < -0.4 is 5.32 Å². The summed E-state index contributed by atoms with van der Waals surface area (Å²) in [6, 6.07) is 3.08. The first-order valence-corrected chi connectivity index (χ1v) is 6.75. The molecule has 3 nitrogen and oxygen atoms in total. The lowest BCUT2D eigenvalue weighted by molar-refractivity contribution is -0.137. The van der Waals surface area contributed by atoms with E-state index in [0.717, 1.165) is 18.6 Å². The second-order valence-corrected chi connectivity index (χ2v) is 5.36. The molecule has 1 aliphatic rings. The average Bonchev–Trinajstić information content (AvgIpc) is 2.73. The first-order valence-electron chi connectivity index (χ1n) is 6.75. The molecule has 2 rings (SSSR count). The molecule has 0 aromatic heterocycles. The van der Waals surface area contributed by atoms with Crippen molar-refractivity contribution in [1.29, 1.82) is 0 Å². The van der Waals surface area contributed by atoms with Gasteiger partial charge in [0.15, 0.2) is 5.78 Å². The third-order valence-corrected chi connectivity index (χ3v) is 3.47. The van der Waals surface area contributed by atoms with E-state index in [1.807, 2.05) is 0 Å². The fraction of sp³-hybridized carbons (Fsp3) is 0.467. The van der Waals surface area contributed by atoms with Crippen LogP contribution in [0.15, 0.2) is 18.2 Å². The van der Waals surface area contributed by atoms with Gasteiger partial charge in [-0.15, -0.1) is 0 Å². The number of carbonyl (C=O) groups excluding carboxylic acids is 2. The van der Waals surface area contributed by atoms with E-state index in [2.05, 4.69) is 5.32 Å². The molecule has 1 atom stereocenters. The molecule has 1 aliphatic carbocycles. The number of hydrogen-bond acceptors (Lipinski definition) is 2. The Kier molecular flexibility index (Phi) is 4.34. The van der Waals surface area contributed by atoms with Crippen LogP contribution in [0, 0.1) is 6.92 Å². The zero-order chi connectivity index (χ0) is 15.6. The smallest absolute Gasteiger partial charge is 0.346 e. The fourth-order valence-corrected chi connectivity index (χ4v) is 2.53. The number of alkyl halides is 3. The van der Waals surface area contributed by atoms with Crippen molar-refractivity contribution < 1.29 is 22.8 Å². The summed E-state index contributed by atoms with van der Waals surface area (Å²) in [5.41, 5.74) is -0.0166. The predicted molar refractivity (Wildman–Crippen MR) is 70.7 cm³/mol. The van der Waals surface area contributed by atoms with E-state index in [1.54, 1.807) is 13.0 Å². The Balaban J connectivity index is 2.07. The molecule has 0 aliphatic heterocycles. The van der Waals surface area contributed by atoms with Gasteiger partial charge in [-0.05, 0) is 37.5 Å². The summed E-state index contributed by atoms with van der Waals surface area (Å²) < 4.78 is 38.2. The molecular formula is C15H16F3NO2. The van der Waals surface area contributed by atoms with E-state index in [4.69, 9.17) is 0 Å². The number of nitrogens with one attached hydrogen (secondary N) is 1. The number of carbonyl (C=O) groups is 2. The normalized spacial score (nSPS) is 18.9. The molecule has 1 aromatic carbocycles. The maximum absolute atomic E-state index is 12.7. The zero-order valence-electron chi connectivity index (χ0n) is 11.6. The minimum Gasteiger partial charge on any atom is -0.346 e. The number of rotatable bonds is 3. The van der Waals surface area contributed by atoms with Crippen LogP contribution in [0.4, 0.5) is 13.2 Å². The molecular weight excluding hydrogens is 283 g/mol. The number of amides is 1. The summed E-state index contributed by atoms with van der Waals surface area (Å²) in [7, 11) is 0. The van der Waals surface area contributed by atoms with Gasteiger partial charge in [-0.2, -0.15) is 13.2 Å². The minimum absolute atomic E-state index is 0.0106.